The van der Waals surface area contributed by atoms with E-state index in [0.717, 1.165) is 12.8 Å². The second-order valence-corrected chi connectivity index (χ2v) is 8.45. The third-order valence-electron chi connectivity index (χ3n) is 4.84. The van der Waals surface area contributed by atoms with Gasteiger partial charge in [-0.1, -0.05) is 19.4 Å². The van der Waals surface area contributed by atoms with Gasteiger partial charge in [0.25, 0.3) is 5.91 Å². The summed E-state index contributed by atoms with van der Waals surface area (Å²) in [5, 5.41) is 0. The predicted octanol–water partition coefficient (Wildman–Crippen LogP) is 1.74. The zero-order valence-electron chi connectivity index (χ0n) is 15.1. The third-order valence-corrected chi connectivity index (χ3v) is 6.30. The Hall–Kier alpha value is -1.48. The summed E-state index contributed by atoms with van der Waals surface area (Å²) in [6.45, 7) is 4.65. The average Bonchev–Trinajstić information content (AvgIpc) is 3.10. The maximum Gasteiger partial charge on any atom is 0.253 e. The van der Waals surface area contributed by atoms with Crippen LogP contribution in [0.1, 0.15) is 43.0 Å². The number of nitrogens with zero attached hydrogens (tertiary/aromatic N) is 1. The highest BCUT2D eigenvalue weighted by Crippen LogP contribution is 2.31. The van der Waals surface area contributed by atoms with Gasteiger partial charge in [0, 0.05) is 38.0 Å². The highest BCUT2D eigenvalue weighted by molar-refractivity contribution is 7.89. The smallest absolute Gasteiger partial charge is 0.253 e. The SMILES string of the molecule is CCCCNS(=O)(=O)c1cccc(C(=O)N2CCC3(CC2)OCCO3)c1. The lowest BCUT2D eigenvalue weighted by atomic mass is 10.0. The topological polar surface area (TPSA) is 84.9 Å². The van der Waals surface area contributed by atoms with E-state index in [1.807, 2.05) is 6.92 Å². The number of hydrogen-bond donors (Lipinski definition) is 1. The average molecular weight is 382 g/mol. The van der Waals surface area contributed by atoms with Gasteiger partial charge in [0.1, 0.15) is 0 Å². The monoisotopic (exact) mass is 382 g/mol. The largest absolute Gasteiger partial charge is 0.347 e. The molecule has 0 radical (unpaired) electrons. The van der Waals surface area contributed by atoms with E-state index >= 15 is 0 Å². The number of hydrogen-bond acceptors (Lipinski definition) is 5. The number of carbonyl (C=O) groups is 1. The number of carbonyl (C=O) groups excluding carboxylic acids is 1. The first-order chi connectivity index (χ1) is 12.5. The molecule has 7 nitrogen and oxygen atoms in total. The van der Waals surface area contributed by atoms with E-state index in [1.54, 1.807) is 17.0 Å². The van der Waals surface area contributed by atoms with Gasteiger partial charge in [-0.2, -0.15) is 0 Å². The molecule has 1 N–H and O–H groups in total. The van der Waals surface area contributed by atoms with Gasteiger partial charge < -0.3 is 14.4 Å². The fraction of sp³-hybridized carbons (Fsp3) is 0.611. The lowest BCUT2D eigenvalue weighted by Gasteiger charge is -2.37. The standard InChI is InChI=1S/C18H26N2O5S/c1-2-3-9-19-26(22,23)16-6-4-5-15(14-16)17(21)20-10-7-18(8-11-20)24-12-13-25-18/h4-6,14,19H,2-3,7-13H2,1H3. The Labute approximate surface area is 154 Å². The van der Waals surface area contributed by atoms with E-state index in [-0.39, 0.29) is 10.8 Å². The number of sulfonamides is 1. The Bertz CT molecular complexity index is 734. The number of rotatable bonds is 6. The van der Waals surface area contributed by atoms with E-state index < -0.39 is 15.8 Å². The number of likely N-dealkylation sites (tertiary alicyclic amines) is 1. The molecule has 26 heavy (non-hydrogen) atoms. The maximum atomic E-state index is 12.8. The number of ether oxygens (including phenoxy) is 2. The zero-order valence-corrected chi connectivity index (χ0v) is 15.9. The van der Waals surface area contributed by atoms with Crippen molar-refractivity contribution in [1.29, 1.82) is 0 Å². The molecule has 0 bridgehead atoms. The quantitative estimate of drug-likeness (QED) is 0.758. The molecule has 1 spiro atoms. The molecule has 1 amide bonds. The molecule has 1 aromatic carbocycles. The van der Waals surface area contributed by atoms with Crippen molar-refractivity contribution >= 4 is 15.9 Å². The van der Waals surface area contributed by atoms with Crippen LogP contribution in [0.2, 0.25) is 0 Å². The molecule has 0 atom stereocenters. The van der Waals surface area contributed by atoms with E-state index in [0.29, 0.717) is 51.3 Å². The van der Waals surface area contributed by atoms with E-state index in [4.69, 9.17) is 9.47 Å². The van der Waals surface area contributed by atoms with Crippen molar-refractivity contribution in [2.75, 3.05) is 32.8 Å². The van der Waals surface area contributed by atoms with E-state index in [2.05, 4.69) is 4.72 Å². The lowest BCUT2D eigenvalue weighted by molar-refractivity contribution is -0.181. The van der Waals surface area contributed by atoms with Crippen LogP contribution in [0.15, 0.2) is 29.2 Å². The molecule has 2 aliphatic rings. The molecule has 3 rings (SSSR count). The Morgan fingerprint density at radius 2 is 1.92 bits per heavy atom. The molecule has 2 aliphatic heterocycles. The van der Waals surface area contributed by atoms with Crippen molar-refractivity contribution in [3.63, 3.8) is 0 Å². The van der Waals surface area contributed by atoms with Crippen molar-refractivity contribution in [3.05, 3.63) is 29.8 Å². The van der Waals surface area contributed by atoms with E-state index in [9.17, 15) is 13.2 Å². The van der Waals surface area contributed by atoms with Gasteiger partial charge in [-0.05, 0) is 24.6 Å². The summed E-state index contributed by atoms with van der Waals surface area (Å²) < 4.78 is 38.6. The minimum atomic E-state index is -3.60. The molecular weight excluding hydrogens is 356 g/mol. The van der Waals surface area contributed by atoms with Gasteiger partial charge in [-0.3, -0.25) is 4.79 Å². The van der Waals surface area contributed by atoms with Crippen molar-refractivity contribution in [1.82, 2.24) is 9.62 Å². The van der Waals surface area contributed by atoms with Gasteiger partial charge in [0.05, 0.1) is 18.1 Å². The minimum absolute atomic E-state index is 0.121. The second kappa shape index (κ2) is 8.04. The molecule has 1 aromatic rings. The lowest BCUT2D eigenvalue weighted by Crippen LogP contribution is -2.47. The Balaban J connectivity index is 1.67. The Morgan fingerprint density at radius 3 is 2.58 bits per heavy atom. The highest BCUT2D eigenvalue weighted by atomic mass is 32.2. The van der Waals surface area contributed by atoms with Crippen LogP contribution in [0.5, 0.6) is 0 Å². The molecule has 0 saturated carbocycles. The summed E-state index contributed by atoms with van der Waals surface area (Å²) in [6.07, 6.45) is 2.95. The first-order valence-electron chi connectivity index (χ1n) is 9.13. The molecule has 2 fully saturated rings. The van der Waals surface area contributed by atoms with Crippen molar-refractivity contribution in [3.8, 4) is 0 Å². The van der Waals surface area contributed by atoms with Crippen LogP contribution in [-0.4, -0.2) is 57.9 Å². The highest BCUT2D eigenvalue weighted by Gasteiger charge is 2.40. The van der Waals surface area contributed by atoms with E-state index in [1.165, 1.54) is 12.1 Å². The van der Waals surface area contributed by atoms with Gasteiger partial charge >= 0.3 is 0 Å². The van der Waals surface area contributed by atoms with Crippen LogP contribution < -0.4 is 4.72 Å². The number of nitrogens with one attached hydrogen (secondary N) is 1. The van der Waals surface area contributed by atoms with Gasteiger partial charge in [0.15, 0.2) is 5.79 Å². The Kier molecular flexibility index (Phi) is 5.96. The normalized spacial score (nSPS) is 19.8. The van der Waals surface area contributed by atoms with Gasteiger partial charge in [-0.15, -0.1) is 0 Å². The van der Waals surface area contributed by atoms with Crippen LogP contribution in [0.25, 0.3) is 0 Å². The predicted molar refractivity (Wildman–Crippen MR) is 96.3 cm³/mol. The fourth-order valence-corrected chi connectivity index (χ4v) is 4.40. The van der Waals surface area contributed by atoms with Gasteiger partial charge in [0.2, 0.25) is 10.0 Å². The molecule has 8 heteroatoms. The summed E-state index contributed by atoms with van der Waals surface area (Å²) in [7, 11) is -3.60. The van der Waals surface area contributed by atoms with Crippen molar-refractivity contribution < 1.29 is 22.7 Å². The maximum absolute atomic E-state index is 12.8. The van der Waals surface area contributed by atoms with Crippen LogP contribution >= 0.6 is 0 Å². The van der Waals surface area contributed by atoms with Crippen molar-refractivity contribution in [2.24, 2.45) is 0 Å². The van der Waals surface area contributed by atoms with Crippen molar-refractivity contribution in [2.45, 2.75) is 43.3 Å². The molecule has 0 aliphatic carbocycles. The van der Waals surface area contributed by atoms with Crippen LogP contribution in [-0.2, 0) is 19.5 Å². The van der Waals surface area contributed by atoms with Crippen LogP contribution in [0.4, 0.5) is 0 Å². The summed E-state index contributed by atoms with van der Waals surface area (Å²) in [4.78, 5) is 14.6. The number of amides is 1. The molecule has 0 unspecified atom stereocenters. The summed E-state index contributed by atoms with van der Waals surface area (Å²) in [6, 6.07) is 6.22. The summed E-state index contributed by atoms with van der Waals surface area (Å²) >= 11 is 0. The summed E-state index contributed by atoms with van der Waals surface area (Å²) in [5.41, 5.74) is 0.382. The molecule has 0 aromatic heterocycles. The van der Waals surface area contributed by atoms with Crippen LogP contribution in [0.3, 0.4) is 0 Å². The molecular formula is C18H26N2O5S. The number of benzene rings is 1. The Morgan fingerprint density at radius 1 is 1.23 bits per heavy atom. The number of piperidine rings is 1. The first-order valence-corrected chi connectivity index (χ1v) is 10.6. The molecule has 2 saturated heterocycles. The van der Waals surface area contributed by atoms with Gasteiger partial charge in [-0.25, -0.2) is 13.1 Å². The fourth-order valence-electron chi connectivity index (χ4n) is 3.28. The van der Waals surface area contributed by atoms with Crippen LogP contribution in [0, 0.1) is 0 Å². The zero-order chi connectivity index (χ0) is 18.6. The third kappa shape index (κ3) is 4.25. The second-order valence-electron chi connectivity index (χ2n) is 6.68. The number of unbranched alkanes of at least 4 members (excludes halogenated alkanes) is 1. The summed E-state index contributed by atoms with van der Waals surface area (Å²) in [5.74, 6) is -0.700. The molecule has 2 heterocycles. The minimum Gasteiger partial charge on any atom is -0.347 e. The molecule has 144 valence electrons. The first kappa shape index (κ1) is 19.3.